The average molecular weight is 295 g/mol. The van der Waals surface area contributed by atoms with Crippen LogP contribution in [-0.4, -0.2) is 23.2 Å². The topological polar surface area (TPSA) is 59.1 Å². The number of aromatic nitrogens is 1. The standard InChI is InChI=1S/C15H16ClFN2O/c16-13-8-19-6-5-11(13)7-15(9-18,10-20)12-3-1-2-4-14(12)17/h1-6,8,20H,7,9-10,18H2. The number of nitrogens with zero attached hydrogens (tertiary/aromatic N) is 1. The lowest BCUT2D eigenvalue weighted by Gasteiger charge is -2.31. The fraction of sp³-hybridized carbons (Fsp3) is 0.267. The maximum atomic E-state index is 14.0. The summed E-state index contributed by atoms with van der Waals surface area (Å²) in [5.41, 5.74) is 6.12. The fourth-order valence-corrected chi connectivity index (χ4v) is 2.47. The molecule has 106 valence electrons. The second kappa shape index (κ2) is 6.31. The first kappa shape index (κ1) is 14.9. The molecule has 2 aromatic rings. The summed E-state index contributed by atoms with van der Waals surface area (Å²) in [4.78, 5) is 3.92. The summed E-state index contributed by atoms with van der Waals surface area (Å²) in [6.45, 7) is -0.147. The van der Waals surface area contributed by atoms with Gasteiger partial charge in [0, 0.05) is 24.4 Å². The molecule has 1 aromatic heterocycles. The van der Waals surface area contributed by atoms with Crippen molar-refractivity contribution >= 4 is 11.6 Å². The minimum Gasteiger partial charge on any atom is -0.395 e. The molecule has 1 atom stereocenters. The summed E-state index contributed by atoms with van der Waals surface area (Å²) >= 11 is 6.09. The molecule has 3 nitrogen and oxygen atoms in total. The summed E-state index contributed by atoms with van der Waals surface area (Å²) in [5.74, 6) is -0.378. The fourth-order valence-electron chi connectivity index (χ4n) is 2.29. The van der Waals surface area contributed by atoms with Crippen molar-refractivity contribution < 1.29 is 9.50 Å². The molecule has 0 saturated heterocycles. The molecular weight excluding hydrogens is 279 g/mol. The zero-order valence-electron chi connectivity index (χ0n) is 10.9. The van der Waals surface area contributed by atoms with Crippen molar-refractivity contribution in [3.05, 3.63) is 64.7 Å². The van der Waals surface area contributed by atoms with Crippen molar-refractivity contribution in [3.63, 3.8) is 0 Å². The van der Waals surface area contributed by atoms with E-state index in [2.05, 4.69) is 4.98 Å². The van der Waals surface area contributed by atoms with Crippen LogP contribution in [0.3, 0.4) is 0 Å². The monoisotopic (exact) mass is 294 g/mol. The molecule has 0 spiro atoms. The Balaban J connectivity index is 2.46. The van der Waals surface area contributed by atoms with Crippen LogP contribution in [0.15, 0.2) is 42.7 Å². The highest BCUT2D eigenvalue weighted by atomic mass is 35.5. The van der Waals surface area contributed by atoms with E-state index in [1.807, 2.05) is 0 Å². The smallest absolute Gasteiger partial charge is 0.127 e. The van der Waals surface area contributed by atoms with Gasteiger partial charge >= 0.3 is 0 Å². The number of hydrogen-bond donors (Lipinski definition) is 2. The number of rotatable bonds is 5. The second-order valence-electron chi connectivity index (χ2n) is 4.77. The van der Waals surface area contributed by atoms with E-state index in [1.54, 1.807) is 30.5 Å². The molecule has 1 aromatic carbocycles. The van der Waals surface area contributed by atoms with Gasteiger partial charge in [0.25, 0.3) is 0 Å². The van der Waals surface area contributed by atoms with Crippen LogP contribution in [0.2, 0.25) is 5.02 Å². The van der Waals surface area contributed by atoms with Crippen LogP contribution in [0.25, 0.3) is 0 Å². The van der Waals surface area contributed by atoms with E-state index in [9.17, 15) is 9.50 Å². The first-order chi connectivity index (χ1) is 9.63. The largest absolute Gasteiger partial charge is 0.395 e. The van der Waals surface area contributed by atoms with Gasteiger partial charge in [0.15, 0.2) is 0 Å². The van der Waals surface area contributed by atoms with Crippen LogP contribution in [-0.2, 0) is 11.8 Å². The zero-order valence-corrected chi connectivity index (χ0v) is 11.6. The summed E-state index contributed by atoms with van der Waals surface area (Å²) in [6, 6.07) is 8.10. The lowest BCUT2D eigenvalue weighted by molar-refractivity contribution is 0.192. The molecule has 0 fully saturated rings. The highest BCUT2D eigenvalue weighted by molar-refractivity contribution is 6.31. The second-order valence-corrected chi connectivity index (χ2v) is 5.17. The Morgan fingerprint density at radius 2 is 2.05 bits per heavy atom. The lowest BCUT2D eigenvalue weighted by Crippen LogP contribution is -2.41. The maximum absolute atomic E-state index is 14.0. The zero-order chi connectivity index (χ0) is 14.6. The quantitative estimate of drug-likeness (QED) is 0.889. The van der Waals surface area contributed by atoms with Crippen LogP contribution in [0.1, 0.15) is 11.1 Å². The van der Waals surface area contributed by atoms with E-state index in [-0.39, 0.29) is 19.0 Å². The lowest BCUT2D eigenvalue weighted by atomic mass is 9.76. The summed E-state index contributed by atoms with van der Waals surface area (Å²) < 4.78 is 14.0. The van der Waals surface area contributed by atoms with Crippen molar-refractivity contribution in [1.82, 2.24) is 4.98 Å². The van der Waals surface area contributed by atoms with Crippen molar-refractivity contribution in [2.45, 2.75) is 11.8 Å². The Morgan fingerprint density at radius 1 is 1.30 bits per heavy atom. The molecular formula is C15H16ClFN2O. The normalized spacial score (nSPS) is 14.0. The highest BCUT2D eigenvalue weighted by Gasteiger charge is 2.33. The number of nitrogens with two attached hydrogens (primary N) is 1. The Hall–Kier alpha value is -1.49. The third kappa shape index (κ3) is 2.82. The van der Waals surface area contributed by atoms with E-state index in [4.69, 9.17) is 17.3 Å². The van der Waals surface area contributed by atoms with Crippen LogP contribution in [0.4, 0.5) is 4.39 Å². The van der Waals surface area contributed by atoms with Crippen LogP contribution >= 0.6 is 11.6 Å². The average Bonchev–Trinajstić information content (AvgIpc) is 2.48. The van der Waals surface area contributed by atoms with Gasteiger partial charge in [-0.25, -0.2) is 4.39 Å². The van der Waals surface area contributed by atoms with Gasteiger partial charge in [-0.1, -0.05) is 29.8 Å². The number of pyridine rings is 1. The van der Waals surface area contributed by atoms with Gasteiger partial charge in [-0.05, 0) is 29.7 Å². The van der Waals surface area contributed by atoms with Crippen LogP contribution < -0.4 is 5.73 Å². The van der Waals surface area contributed by atoms with Gasteiger partial charge in [-0.3, -0.25) is 4.98 Å². The Kier molecular flexibility index (Phi) is 4.70. The van der Waals surface area contributed by atoms with Gasteiger partial charge in [0.05, 0.1) is 11.6 Å². The molecule has 1 heterocycles. The molecule has 0 saturated carbocycles. The van der Waals surface area contributed by atoms with E-state index in [1.165, 1.54) is 12.3 Å². The van der Waals surface area contributed by atoms with E-state index in [0.29, 0.717) is 17.0 Å². The minimum absolute atomic E-state index is 0.114. The molecule has 0 bridgehead atoms. The predicted octanol–water partition coefficient (Wildman–Crippen LogP) is 2.31. The molecule has 0 aliphatic carbocycles. The molecule has 0 radical (unpaired) electrons. The summed E-state index contributed by atoms with van der Waals surface area (Å²) in [7, 11) is 0. The van der Waals surface area contributed by atoms with E-state index >= 15 is 0 Å². The van der Waals surface area contributed by atoms with Gasteiger partial charge in [-0.15, -0.1) is 0 Å². The number of halogens is 2. The number of benzene rings is 1. The summed E-state index contributed by atoms with van der Waals surface area (Å²) in [5, 5.41) is 10.3. The molecule has 2 rings (SSSR count). The minimum atomic E-state index is -0.893. The van der Waals surface area contributed by atoms with Crippen molar-refractivity contribution in [2.24, 2.45) is 5.73 Å². The third-order valence-electron chi connectivity index (χ3n) is 3.52. The van der Waals surface area contributed by atoms with Crippen LogP contribution in [0, 0.1) is 5.82 Å². The first-order valence-electron chi connectivity index (χ1n) is 6.27. The molecule has 0 amide bonds. The molecule has 0 aliphatic rings. The Bertz CT molecular complexity index is 588. The first-order valence-corrected chi connectivity index (χ1v) is 6.65. The van der Waals surface area contributed by atoms with E-state index < -0.39 is 5.41 Å². The van der Waals surface area contributed by atoms with Gasteiger partial charge in [-0.2, -0.15) is 0 Å². The SMILES string of the molecule is NCC(CO)(Cc1ccncc1Cl)c1ccccc1F. The number of hydrogen-bond acceptors (Lipinski definition) is 3. The number of aliphatic hydroxyl groups excluding tert-OH is 1. The summed E-state index contributed by atoms with van der Waals surface area (Å²) in [6.07, 6.45) is 3.49. The Labute approximate surface area is 122 Å². The predicted molar refractivity (Wildman–Crippen MR) is 77.2 cm³/mol. The van der Waals surface area contributed by atoms with Crippen LogP contribution in [0.5, 0.6) is 0 Å². The highest BCUT2D eigenvalue weighted by Crippen LogP contribution is 2.31. The molecule has 3 N–H and O–H groups in total. The maximum Gasteiger partial charge on any atom is 0.127 e. The number of aliphatic hydroxyl groups is 1. The molecule has 20 heavy (non-hydrogen) atoms. The van der Waals surface area contributed by atoms with E-state index in [0.717, 1.165) is 5.56 Å². The van der Waals surface area contributed by atoms with Crippen molar-refractivity contribution in [1.29, 1.82) is 0 Å². The third-order valence-corrected chi connectivity index (χ3v) is 3.86. The molecule has 5 heteroatoms. The van der Waals surface area contributed by atoms with Crippen molar-refractivity contribution in [2.75, 3.05) is 13.2 Å². The van der Waals surface area contributed by atoms with Gasteiger partial charge < -0.3 is 10.8 Å². The molecule has 0 aliphatic heterocycles. The molecule has 1 unspecified atom stereocenters. The Morgan fingerprint density at radius 3 is 2.65 bits per heavy atom. The van der Waals surface area contributed by atoms with Crippen molar-refractivity contribution in [3.8, 4) is 0 Å². The van der Waals surface area contributed by atoms with Gasteiger partial charge in [0.2, 0.25) is 0 Å². The van der Waals surface area contributed by atoms with Gasteiger partial charge in [0.1, 0.15) is 5.82 Å².